The van der Waals surface area contributed by atoms with Crippen LogP contribution in [0.3, 0.4) is 0 Å². The zero-order valence-electron chi connectivity index (χ0n) is 14.8. The van der Waals surface area contributed by atoms with Crippen molar-refractivity contribution in [1.82, 2.24) is 10.1 Å². The normalized spacial score (nSPS) is 22.6. The highest BCUT2D eigenvalue weighted by molar-refractivity contribution is 5.79. The molecule has 25 heavy (non-hydrogen) atoms. The second-order valence-corrected chi connectivity index (χ2v) is 7.25. The van der Waals surface area contributed by atoms with Crippen LogP contribution in [-0.4, -0.2) is 34.7 Å². The third-order valence-corrected chi connectivity index (χ3v) is 5.20. The van der Waals surface area contributed by atoms with Crippen molar-refractivity contribution in [2.45, 2.75) is 58.1 Å². The minimum absolute atomic E-state index is 0.142. The number of nitrogens with zero attached hydrogens (tertiary/aromatic N) is 2. The Morgan fingerprint density at radius 2 is 2.16 bits per heavy atom. The monoisotopic (exact) mass is 340 g/mol. The molecule has 2 aliphatic heterocycles. The van der Waals surface area contributed by atoms with E-state index in [1.54, 1.807) is 0 Å². The summed E-state index contributed by atoms with van der Waals surface area (Å²) >= 11 is 0. The van der Waals surface area contributed by atoms with E-state index in [2.05, 4.69) is 25.1 Å². The van der Waals surface area contributed by atoms with Crippen molar-refractivity contribution < 1.29 is 14.1 Å². The van der Waals surface area contributed by atoms with E-state index in [4.69, 9.17) is 9.26 Å². The Kier molecular flexibility index (Phi) is 4.24. The molecule has 4 rings (SSSR count). The molecule has 3 heterocycles. The van der Waals surface area contributed by atoms with Gasteiger partial charge in [-0.2, -0.15) is 0 Å². The van der Waals surface area contributed by atoms with Gasteiger partial charge < -0.3 is 14.2 Å². The number of carbonyl (C=O) groups excluding carboxylic acids is 1. The highest BCUT2D eigenvalue weighted by Crippen LogP contribution is 2.33. The number of rotatable bonds is 3. The third kappa shape index (κ3) is 3.28. The molecule has 1 amide bonds. The molecule has 0 radical (unpaired) electrons. The Bertz CT molecular complexity index is 783. The molecule has 0 aliphatic carbocycles. The van der Waals surface area contributed by atoms with Gasteiger partial charge in [0, 0.05) is 30.6 Å². The Morgan fingerprint density at radius 3 is 3.00 bits per heavy atom. The summed E-state index contributed by atoms with van der Waals surface area (Å²) in [6.45, 7) is 5.05. The van der Waals surface area contributed by atoms with Gasteiger partial charge in [-0.05, 0) is 56.9 Å². The minimum atomic E-state index is 0.142. The molecule has 5 heteroatoms. The lowest BCUT2D eigenvalue weighted by Crippen LogP contribution is -2.42. The molecule has 0 bridgehead atoms. The number of likely N-dealkylation sites (tertiary alicyclic amines) is 1. The lowest BCUT2D eigenvalue weighted by molar-refractivity contribution is -0.133. The number of piperidine rings is 1. The summed E-state index contributed by atoms with van der Waals surface area (Å²) in [5.41, 5.74) is 2.87. The van der Waals surface area contributed by atoms with Gasteiger partial charge in [0.25, 0.3) is 0 Å². The average Bonchev–Trinajstić information content (AvgIpc) is 3.19. The molecule has 5 nitrogen and oxygen atoms in total. The van der Waals surface area contributed by atoms with Gasteiger partial charge in [-0.15, -0.1) is 0 Å². The van der Waals surface area contributed by atoms with Crippen molar-refractivity contribution in [3.05, 3.63) is 35.5 Å². The van der Waals surface area contributed by atoms with Gasteiger partial charge >= 0.3 is 0 Å². The van der Waals surface area contributed by atoms with Crippen LogP contribution in [0.15, 0.2) is 28.8 Å². The van der Waals surface area contributed by atoms with Crippen LogP contribution in [0.2, 0.25) is 0 Å². The van der Waals surface area contributed by atoms with Crippen molar-refractivity contribution in [3.8, 4) is 17.1 Å². The highest BCUT2D eigenvalue weighted by atomic mass is 16.5. The Labute approximate surface area is 147 Å². The molecule has 2 atom stereocenters. The average molecular weight is 340 g/mol. The fourth-order valence-electron chi connectivity index (χ4n) is 3.83. The SMILES string of the molecule is CC1Cc2cc(-c3cc(CC(=O)N4CCCCC4C)no3)ccc2O1. The van der Waals surface area contributed by atoms with Gasteiger partial charge in [0.15, 0.2) is 5.76 Å². The maximum atomic E-state index is 12.5. The first kappa shape index (κ1) is 16.2. The number of fused-ring (bicyclic) bond motifs is 1. The van der Waals surface area contributed by atoms with E-state index in [-0.39, 0.29) is 12.0 Å². The van der Waals surface area contributed by atoms with Crippen LogP contribution in [0.5, 0.6) is 5.75 Å². The smallest absolute Gasteiger partial charge is 0.228 e. The number of hydrogen-bond donors (Lipinski definition) is 0. The van der Waals surface area contributed by atoms with Crippen LogP contribution in [0.25, 0.3) is 11.3 Å². The van der Waals surface area contributed by atoms with Crippen LogP contribution in [-0.2, 0) is 17.6 Å². The van der Waals surface area contributed by atoms with E-state index in [1.165, 1.54) is 12.0 Å². The first-order chi connectivity index (χ1) is 12.1. The maximum absolute atomic E-state index is 12.5. The maximum Gasteiger partial charge on any atom is 0.228 e. The van der Waals surface area contributed by atoms with Crippen LogP contribution >= 0.6 is 0 Å². The zero-order chi connectivity index (χ0) is 17.4. The summed E-state index contributed by atoms with van der Waals surface area (Å²) in [5.74, 6) is 1.80. The quantitative estimate of drug-likeness (QED) is 0.856. The summed E-state index contributed by atoms with van der Waals surface area (Å²) in [4.78, 5) is 14.5. The molecule has 132 valence electrons. The highest BCUT2D eigenvalue weighted by Gasteiger charge is 2.24. The summed E-state index contributed by atoms with van der Waals surface area (Å²) in [7, 11) is 0. The Balaban J connectivity index is 1.47. The molecule has 1 saturated heterocycles. The van der Waals surface area contributed by atoms with Crippen LogP contribution < -0.4 is 4.74 Å². The second kappa shape index (κ2) is 6.54. The van der Waals surface area contributed by atoms with Crippen molar-refractivity contribution in [3.63, 3.8) is 0 Å². The van der Waals surface area contributed by atoms with Crippen LogP contribution in [0.1, 0.15) is 44.4 Å². The summed E-state index contributed by atoms with van der Waals surface area (Å²) in [5, 5.41) is 4.11. The molecule has 2 unspecified atom stereocenters. The standard InChI is InChI=1S/C20H24N2O3/c1-13-5-3-4-8-22(13)20(23)12-17-11-19(25-21-17)15-6-7-18-16(10-15)9-14(2)24-18/h6-7,10-11,13-14H,3-5,8-9,12H2,1-2H3. The van der Waals surface area contributed by atoms with Crippen LogP contribution in [0, 0.1) is 0 Å². The van der Waals surface area contributed by atoms with Gasteiger partial charge in [-0.25, -0.2) is 0 Å². The Hall–Kier alpha value is -2.30. The van der Waals surface area contributed by atoms with Crippen LogP contribution in [0.4, 0.5) is 0 Å². The lowest BCUT2D eigenvalue weighted by Gasteiger charge is -2.33. The number of ether oxygens (including phenoxy) is 1. The molecule has 0 saturated carbocycles. The van der Waals surface area contributed by atoms with E-state index < -0.39 is 0 Å². The number of carbonyl (C=O) groups is 1. The summed E-state index contributed by atoms with van der Waals surface area (Å²) in [6.07, 6.45) is 4.83. The minimum Gasteiger partial charge on any atom is -0.490 e. The van der Waals surface area contributed by atoms with Crippen molar-refractivity contribution >= 4 is 5.91 Å². The van der Waals surface area contributed by atoms with Gasteiger partial charge in [0.1, 0.15) is 11.9 Å². The second-order valence-electron chi connectivity index (χ2n) is 7.25. The molecule has 2 aromatic rings. The number of hydrogen-bond acceptors (Lipinski definition) is 4. The van der Waals surface area contributed by atoms with E-state index in [1.807, 2.05) is 23.1 Å². The Morgan fingerprint density at radius 1 is 1.28 bits per heavy atom. The largest absolute Gasteiger partial charge is 0.490 e. The van der Waals surface area contributed by atoms with Crippen molar-refractivity contribution in [2.24, 2.45) is 0 Å². The molecule has 0 N–H and O–H groups in total. The molecule has 1 aromatic carbocycles. The van der Waals surface area contributed by atoms with E-state index in [0.717, 1.165) is 37.1 Å². The zero-order valence-corrected chi connectivity index (χ0v) is 14.8. The number of amides is 1. The predicted molar refractivity (Wildman–Crippen MR) is 94.5 cm³/mol. The first-order valence-corrected chi connectivity index (χ1v) is 9.15. The van der Waals surface area contributed by atoms with E-state index in [9.17, 15) is 4.79 Å². The van der Waals surface area contributed by atoms with Crippen molar-refractivity contribution in [2.75, 3.05) is 6.54 Å². The molecular formula is C20H24N2O3. The molecular weight excluding hydrogens is 316 g/mol. The molecule has 1 aromatic heterocycles. The molecule has 0 spiro atoms. The third-order valence-electron chi connectivity index (χ3n) is 5.20. The number of aromatic nitrogens is 1. The van der Waals surface area contributed by atoms with E-state index >= 15 is 0 Å². The fourth-order valence-corrected chi connectivity index (χ4v) is 3.83. The van der Waals surface area contributed by atoms with Crippen molar-refractivity contribution in [1.29, 1.82) is 0 Å². The summed E-state index contributed by atoms with van der Waals surface area (Å²) in [6, 6.07) is 8.27. The van der Waals surface area contributed by atoms with E-state index in [0.29, 0.717) is 23.9 Å². The molecule has 1 fully saturated rings. The van der Waals surface area contributed by atoms with Gasteiger partial charge in [0.2, 0.25) is 5.91 Å². The first-order valence-electron chi connectivity index (χ1n) is 9.15. The molecule has 2 aliphatic rings. The fraction of sp³-hybridized carbons (Fsp3) is 0.500. The lowest BCUT2D eigenvalue weighted by atomic mass is 10.0. The number of benzene rings is 1. The van der Waals surface area contributed by atoms with Gasteiger partial charge in [-0.3, -0.25) is 4.79 Å². The van der Waals surface area contributed by atoms with Gasteiger partial charge in [-0.1, -0.05) is 5.16 Å². The topological polar surface area (TPSA) is 55.6 Å². The predicted octanol–water partition coefficient (Wildman–Crippen LogP) is 3.61. The summed E-state index contributed by atoms with van der Waals surface area (Å²) < 4.78 is 11.2. The van der Waals surface area contributed by atoms with Gasteiger partial charge in [0.05, 0.1) is 12.1 Å².